The molecule has 4 heteroatoms. The van der Waals surface area contributed by atoms with E-state index in [2.05, 4.69) is 31.2 Å². The van der Waals surface area contributed by atoms with Gasteiger partial charge in [0.1, 0.15) is 0 Å². The van der Waals surface area contributed by atoms with Crippen LogP contribution in [0, 0.1) is 24.2 Å². The normalized spacial score (nSPS) is 27.2. The standard InChI is InChI=1S/C34H37NO3/c1-25-12-14-30(15-13-25)33-17-28-16-29(18-33)20-34(19-28,24-33)32(37)38-23-31(36)35(21-26-8-4-2-5-9-26)22-27-10-6-3-7-11-27/h2-15,28-29H,16-24H2,1H3. The maximum Gasteiger partial charge on any atom is 0.312 e. The molecule has 0 heterocycles. The fourth-order valence-corrected chi connectivity index (χ4v) is 7.96. The third-order valence-electron chi connectivity index (χ3n) is 9.27. The van der Waals surface area contributed by atoms with Crippen molar-refractivity contribution >= 4 is 11.9 Å². The van der Waals surface area contributed by atoms with E-state index in [1.54, 1.807) is 4.90 Å². The highest BCUT2D eigenvalue weighted by molar-refractivity contribution is 5.83. The number of hydrogen-bond acceptors (Lipinski definition) is 3. The third kappa shape index (κ3) is 4.89. The van der Waals surface area contributed by atoms with E-state index < -0.39 is 5.41 Å². The molecule has 0 radical (unpaired) electrons. The van der Waals surface area contributed by atoms with Gasteiger partial charge in [0.05, 0.1) is 5.41 Å². The lowest BCUT2D eigenvalue weighted by Gasteiger charge is -2.61. The van der Waals surface area contributed by atoms with Gasteiger partial charge >= 0.3 is 5.97 Å². The Hall–Kier alpha value is -3.40. The lowest BCUT2D eigenvalue weighted by atomic mass is 9.43. The summed E-state index contributed by atoms with van der Waals surface area (Å²) in [6.45, 7) is 2.89. The molecule has 1 amide bonds. The zero-order chi connectivity index (χ0) is 26.2. The van der Waals surface area contributed by atoms with Crippen LogP contribution in [0.3, 0.4) is 0 Å². The van der Waals surface area contributed by atoms with Gasteiger partial charge in [-0.05, 0) is 79.4 Å². The second-order valence-electron chi connectivity index (χ2n) is 12.2. The fraction of sp³-hybridized carbons (Fsp3) is 0.412. The van der Waals surface area contributed by atoms with Crippen LogP contribution in [0.5, 0.6) is 0 Å². The predicted octanol–water partition coefficient (Wildman–Crippen LogP) is 6.61. The van der Waals surface area contributed by atoms with E-state index in [9.17, 15) is 9.59 Å². The van der Waals surface area contributed by atoms with Crippen LogP contribution in [-0.2, 0) is 32.8 Å². The Balaban J connectivity index is 1.17. The molecule has 4 aliphatic rings. The van der Waals surface area contributed by atoms with Crippen molar-refractivity contribution in [1.82, 2.24) is 4.90 Å². The molecule has 0 N–H and O–H groups in total. The molecule has 38 heavy (non-hydrogen) atoms. The smallest absolute Gasteiger partial charge is 0.312 e. The number of nitrogens with zero attached hydrogens (tertiary/aromatic N) is 1. The summed E-state index contributed by atoms with van der Waals surface area (Å²) in [6, 6.07) is 28.9. The number of esters is 1. The number of amides is 1. The minimum absolute atomic E-state index is 0.0630. The van der Waals surface area contributed by atoms with Crippen molar-refractivity contribution in [2.24, 2.45) is 17.3 Å². The molecule has 0 aromatic heterocycles. The van der Waals surface area contributed by atoms with Gasteiger partial charge in [0, 0.05) is 13.1 Å². The summed E-state index contributed by atoms with van der Waals surface area (Å²) in [7, 11) is 0. The molecule has 4 bridgehead atoms. The number of hydrogen-bond donors (Lipinski definition) is 0. The van der Waals surface area contributed by atoms with E-state index in [-0.39, 0.29) is 23.9 Å². The maximum atomic E-state index is 13.8. The number of aryl methyl sites for hydroxylation is 1. The van der Waals surface area contributed by atoms with Gasteiger partial charge in [-0.25, -0.2) is 0 Å². The molecule has 0 aliphatic heterocycles. The molecular formula is C34H37NO3. The van der Waals surface area contributed by atoms with Gasteiger partial charge in [-0.3, -0.25) is 9.59 Å². The largest absolute Gasteiger partial charge is 0.455 e. The summed E-state index contributed by atoms with van der Waals surface area (Å²) in [4.78, 5) is 29.0. The van der Waals surface area contributed by atoms with Crippen molar-refractivity contribution in [2.45, 2.75) is 64.0 Å². The van der Waals surface area contributed by atoms with Gasteiger partial charge in [0.15, 0.2) is 6.61 Å². The summed E-state index contributed by atoms with van der Waals surface area (Å²) < 4.78 is 5.91. The lowest BCUT2D eigenvalue weighted by Crippen LogP contribution is -2.57. The molecule has 4 saturated carbocycles. The minimum atomic E-state index is -0.459. The van der Waals surface area contributed by atoms with Crippen LogP contribution >= 0.6 is 0 Å². The Labute approximate surface area is 226 Å². The second-order valence-corrected chi connectivity index (χ2v) is 12.2. The molecule has 3 aromatic carbocycles. The zero-order valence-corrected chi connectivity index (χ0v) is 22.3. The molecule has 2 atom stereocenters. The average molecular weight is 508 g/mol. The van der Waals surface area contributed by atoms with Crippen molar-refractivity contribution in [3.05, 3.63) is 107 Å². The van der Waals surface area contributed by atoms with Gasteiger partial charge in [0.2, 0.25) is 0 Å². The monoisotopic (exact) mass is 507 g/mol. The molecule has 7 rings (SSSR count). The van der Waals surface area contributed by atoms with Crippen LogP contribution in [0.15, 0.2) is 84.9 Å². The van der Waals surface area contributed by atoms with Crippen molar-refractivity contribution in [1.29, 1.82) is 0 Å². The van der Waals surface area contributed by atoms with Crippen molar-refractivity contribution in [2.75, 3.05) is 6.61 Å². The summed E-state index contributed by atoms with van der Waals surface area (Å²) >= 11 is 0. The summed E-state index contributed by atoms with van der Waals surface area (Å²) in [5.41, 5.74) is 4.37. The van der Waals surface area contributed by atoms with E-state index in [4.69, 9.17) is 4.74 Å². The van der Waals surface area contributed by atoms with Gasteiger partial charge in [-0.15, -0.1) is 0 Å². The quantitative estimate of drug-likeness (QED) is 0.323. The predicted molar refractivity (Wildman–Crippen MR) is 148 cm³/mol. The number of carbonyl (C=O) groups excluding carboxylic acids is 2. The first-order valence-corrected chi connectivity index (χ1v) is 14.0. The van der Waals surface area contributed by atoms with Crippen molar-refractivity contribution in [3.63, 3.8) is 0 Å². The van der Waals surface area contributed by atoms with E-state index in [0.29, 0.717) is 24.9 Å². The van der Waals surface area contributed by atoms with Crippen LogP contribution in [0.25, 0.3) is 0 Å². The highest BCUT2D eigenvalue weighted by Crippen LogP contribution is 2.66. The average Bonchev–Trinajstić information content (AvgIpc) is 2.92. The van der Waals surface area contributed by atoms with Crippen LogP contribution < -0.4 is 0 Å². The van der Waals surface area contributed by atoms with E-state index in [1.165, 1.54) is 30.4 Å². The van der Waals surface area contributed by atoms with E-state index >= 15 is 0 Å². The molecule has 196 valence electrons. The van der Waals surface area contributed by atoms with Crippen LogP contribution in [-0.4, -0.2) is 23.4 Å². The molecular weight excluding hydrogens is 470 g/mol. The topological polar surface area (TPSA) is 46.6 Å². The molecule has 3 aromatic rings. The number of rotatable bonds is 8. The maximum absolute atomic E-state index is 13.8. The Bertz CT molecular complexity index is 1230. The molecule has 4 nitrogen and oxygen atoms in total. The third-order valence-corrected chi connectivity index (χ3v) is 9.27. The number of ether oxygens (including phenoxy) is 1. The van der Waals surface area contributed by atoms with Gasteiger partial charge in [0.25, 0.3) is 5.91 Å². The molecule has 0 saturated heterocycles. The first-order valence-electron chi connectivity index (χ1n) is 14.0. The highest BCUT2D eigenvalue weighted by Gasteiger charge is 2.61. The van der Waals surface area contributed by atoms with Gasteiger partial charge in [-0.1, -0.05) is 90.5 Å². The second kappa shape index (κ2) is 10.1. The molecule has 4 aliphatic carbocycles. The number of carbonyl (C=O) groups is 2. The first kappa shape index (κ1) is 24.9. The van der Waals surface area contributed by atoms with Gasteiger partial charge < -0.3 is 9.64 Å². The van der Waals surface area contributed by atoms with Crippen LogP contribution in [0.1, 0.15) is 60.8 Å². The molecule has 2 unspecified atom stereocenters. The Morgan fingerprint density at radius 3 is 1.89 bits per heavy atom. The Morgan fingerprint density at radius 1 is 0.789 bits per heavy atom. The van der Waals surface area contributed by atoms with Crippen molar-refractivity contribution in [3.8, 4) is 0 Å². The van der Waals surface area contributed by atoms with Crippen LogP contribution in [0.2, 0.25) is 0 Å². The lowest BCUT2D eigenvalue weighted by molar-refractivity contribution is -0.177. The fourth-order valence-electron chi connectivity index (χ4n) is 7.96. The van der Waals surface area contributed by atoms with Gasteiger partial charge in [-0.2, -0.15) is 0 Å². The number of benzene rings is 3. The van der Waals surface area contributed by atoms with E-state index in [0.717, 1.165) is 30.4 Å². The first-order chi connectivity index (χ1) is 18.4. The summed E-state index contributed by atoms with van der Waals surface area (Å²) in [6.07, 6.45) is 6.22. The minimum Gasteiger partial charge on any atom is -0.455 e. The SMILES string of the molecule is Cc1ccc(C23CC4CC(CC(C(=O)OCC(=O)N(Cc5ccccc5)Cc5ccccc5)(C4)C2)C3)cc1. The zero-order valence-electron chi connectivity index (χ0n) is 22.3. The van der Waals surface area contributed by atoms with Crippen LogP contribution in [0.4, 0.5) is 0 Å². The Morgan fingerprint density at radius 2 is 1.34 bits per heavy atom. The summed E-state index contributed by atoms with van der Waals surface area (Å²) in [5.74, 6) is 0.821. The molecule has 0 spiro atoms. The molecule has 4 fully saturated rings. The summed E-state index contributed by atoms with van der Waals surface area (Å²) in [5, 5.41) is 0. The Kier molecular flexibility index (Phi) is 6.59. The van der Waals surface area contributed by atoms with E-state index in [1.807, 2.05) is 60.7 Å². The highest BCUT2D eigenvalue weighted by atomic mass is 16.5. The van der Waals surface area contributed by atoms with Crippen molar-refractivity contribution < 1.29 is 14.3 Å².